The minimum atomic E-state index is -0.00347. The number of methoxy groups -OCH3 is 1. The first-order valence-corrected chi connectivity index (χ1v) is 7.48. The topological polar surface area (TPSA) is 48.1 Å². The highest BCUT2D eigenvalue weighted by atomic mass is 32.1. The number of nitrogens with two attached hydrogens (primary N) is 1. The van der Waals surface area contributed by atoms with E-state index >= 15 is 0 Å². The number of aromatic nitrogens is 1. The van der Waals surface area contributed by atoms with Crippen LogP contribution in [0.3, 0.4) is 0 Å². The smallest absolute Gasteiger partial charge is 0.137 e. The van der Waals surface area contributed by atoms with Crippen LogP contribution in [-0.4, -0.2) is 12.1 Å². The molecule has 3 nitrogen and oxygen atoms in total. The molecular formula is C15H18N2OS. The van der Waals surface area contributed by atoms with E-state index < -0.39 is 0 Å². The van der Waals surface area contributed by atoms with E-state index in [1.807, 2.05) is 23.6 Å². The van der Waals surface area contributed by atoms with Crippen LogP contribution in [0.4, 0.5) is 0 Å². The van der Waals surface area contributed by atoms with Crippen molar-refractivity contribution in [3.63, 3.8) is 0 Å². The van der Waals surface area contributed by atoms with E-state index in [-0.39, 0.29) is 6.04 Å². The van der Waals surface area contributed by atoms with Crippen molar-refractivity contribution >= 4 is 11.3 Å². The van der Waals surface area contributed by atoms with Gasteiger partial charge < -0.3 is 10.5 Å². The number of ether oxygens (including phenoxy) is 1. The summed E-state index contributed by atoms with van der Waals surface area (Å²) in [6.45, 7) is 0. The first kappa shape index (κ1) is 12.6. The lowest BCUT2D eigenvalue weighted by Gasteiger charge is -2.28. The molecule has 4 heteroatoms. The summed E-state index contributed by atoms with van der Waals surface area (Å²) in [6.07, 6.45) is 7.15. The predicted molar refractivity (Wildman–Crippen MR) is 77.7 cm³/mol. The van der Waals surface area contributed by atoms with E-state index in [1.165, 1.54) is 23.3 Å². The average Bonchev–Trinajstić information content (AvgIpc) is 2.95. The maximum absolute atomic E-state index is 6.48. The Kier molecular flexibility index (Phi) is 3.53. The Bertz CT molecular complexity index is 567. The van der Waals surface area contributed by atoms with Gasteiger partial charge in [-0.15, -0.1) is 11.3 Å². The van der Waals surface area contributed by atoms with E-state index in [2.05, 4.69) is 16.4 Å². The van der Waals surface area contributed by atoms with Crippen LogP contribution in [0.1, 0.15) is 40.8 Å². The van der Waals surface area contributed by atoms with Gasteiger partial charge in [0.15, 0.2) is 0 Å². The van der Waals surface area contributed by atoms with Gasteiger partial charge in [0, 0.05) is 23.0 Å². The number of nitrogens with zero attached hydrogens (tertiary/aromatic N) is 1. The van der Waals surface area contributed by atoms with Gasteiger partial charge in [-0.1, -0.05) is 0 Å². The van der Waals surface area contributed by atoms with Crippen molar-refractivity contribution in [2.24, 2.45) is 5.73 Å². The van der Waals surface area contributed by atoms with Gasteiger partial charge in [-0.2, -0.15) is 0 Å². The average molecular weight is 274 g/mol. The minimum Gasteiger partial charge on any atom is -0.495 e. The van der Waals surface area contributed by atoms with E-state index in [4.69, 9.17) is 10.5 Å². The maximum atomic E-state index is 6.48. The van der Waals surface area contributed by atoms with Gasteiger partial charge in [-0.05, 0) is 47.9 Å². The molecule has 2 atom stereocenters. The minimum absolute atomic E-state index is 0.00347. The number of fused-ring (bicyclic) bond motifs is 1. The molecule has 100 valence electrons. The van der Waals surface area contributed by atoms with E-state index in [0.29, 0.717) is 5.92 Å². The van der Waals surface area contributed by atoms with Crippen LogP contribution in [0.15, 0.2) is 29.9 Å². The number of pyridine rings is 1. The number of hydrogen-bond acceptors (Lipinski definition) is 4. The van der Waals surface area contributed by atoms with Gasteiger partial charge in [0.1, 0.15) is 5.75 Å². The third-order valence-corrected chi connectivity index (χ3v) is 4.88. The quantitative estimate of drug-likeness (QED) is 0.934. The SMILES string of the molecule is COc1cncc(C(N)C2CCCc3sccc32)c1. The van der Waals surface area contributed by atoms with Crippen LogP contribution in [-0.2, 0) is 6.42 Å². The monoisotopic (exact) mass is 274 g/mol. The molecule has 0 aliphatic heterocycles. The van der Waals surface area contributed by atoms with E-state index in [0.717, 1.165) is 17.7 Å². The Morgan fingerprint density at radius 2 is 2.37 bits per heavy atom. The Morgan fingerprint density at radius 3 is 3.21 bits per heavy atom. The van der Waals surface area contributed by atoms with Gasteiger partial charge in [0.2, 0.25) is 0 Å². The van der Waals surface area contributed by atoms with Crippen molar-refractivity contribution in [1.82, 2.24) is 4.98 Å². The fourth-order valence-corrected chi connectivity index (χ4v) is 3.85. The summed E-state index contributed by atoms with van der Waals surface area (Å²) < 4.78 is 5.23. The van der Waals surface area contributed by atoms with Crippen molar-refractivity contribution < 1.29 is 4.74 Å². The van der Waals surface area contributed by atoms with E-state index in [9.17, 15) is 0 Å². The summed E-state index contributed by atoms with van der Waals surface area (Å²) in [7, 11) is 1.66. The van der Waals surface area contributed by atoms with Crippen LogP contribution in [0.25, 0.3) is 0 Å². The molecule has 0 saturated carbocycles. The lowest BCUT2D eigenvalue weighted by molar-refractivity contribution is 0.410. The number of rotatable bonds is 3. The molecule has 0 fully saturated rings. The Labute approximate surface area is 117 Å². The maximum Gasteiger partial charge on any atom is 0.137 e. The number of hydrogen-bond donors (Lipinski definition) is 1. The summed E-state index contributed by atoms with van der Waals surface area (Å²) >= 11 is 1.85. The fourth-order valence-electron chi connectivity index (χ4n) is 2.86. The molecule has 2 aromatic rings. The van der Waals surface area contributed by atoms with Gasteiger partial charge in [-0.3, -0.25) is 4.98 Å². The summed E-state index contributed by atoms with van der Waals surface area (Å²) in [5.74, 6) is 1.18. The first-order valence-electron chi connectivity index (χ1n) is 6.60. The number of aryl methyl sites for hydroxylation is 1. The molecule has 3 rings (SSSR count). The largest absolute Gasteiger partial charge is 0.495 e. The van der Waals surface area contributed by atoms with Gasteiger partial charge in [0.25, 0.3) is 0 Å². The summed E-state index contributed by atoms with van der Waals surface area (Å²) in [6, 6.07) is 4.23. The first-order chi connectivity index (χ1) is 9.29. The zero-order valence-corrected chi connectivity index (χ0v) is 11.8. The van der Waals surface area contributed by atoms with E-state index in [1.54, 1.807) is 13.3 Å². The van der Waals surface area contributed by atoms with Crippen LogP contribution < -0.4 is 10.5 Å². The summed E-state index contributed by atoms with van der Waals surface area (Å²) in [5.41, 5.74) is 8.97. The molecule has 0 bridgehead atoms. The molecule has 2 unspecified atom stereocenters. The zero-order valence-electron chi connectivity index (χ0n) is 11.0. The van der Waals surface area contributed by atoms with Crippen LogP contribution in [0, 0.1) is 0 Å². The standard InChI is InChI=1S/C15H18N2OS/c1-18-11-7-10(8-17-9-11)15(16)13-3-2-4-14-12(13)5-6-19-14/h5-9,13,15H,2-4,16H2,1H3. The molecule has 1 aliphatic carbocycles. The second-order valence-corrected chi connectivity index (χ2v) is 5.98. The molecule has 0 spiro atoms. The zero-order chi connectivity index (χ0) is 13.2. The highest BCUT2D eigenvalue weighted by molar-refractivity contribution is 7.10. The molecule has 2 heterocycles. The Balaban J connectivity index is 1.90. The molecule has 0 saturated heterocycles. The van der Waals surface area contributed by atoms with Crippen LogP contribution >= 0.6 is 11.3 Å². The molecule has 2 aromatic heterocycles. The second-order valence-electron chi connectivity index (χ2n) is 4.98. The second kappa shape index (κ2) is 5.31. The van der Waals surface area contributed by atoms with Crippen molar-refractivity contribution in [3.8, 4) is 5.75 Å². The molecule has 0 amide bonds. The van der Waals surface area contributed by atoms with Crippen molar-refractivity contribution in [3.05, 3.63) is 45.9 Å². The van der Waals surface area contributed by atoms with Crippen molar-refractivity contribution in [1.29, 1.82) is 0 Å². The molecule has 0 radical (unpaired) electrons. The molecule has 2 N–H and O–H groups in total. The fraction of sp³-hybridized carbons (Fsp3) is 0.400. The Hall–Kier alpha value is -1.39. The van der Waals surface area contributed by atoms with Crippen LogP contribution in [0.2, 0.25) is 0 Å². The normalized spacial score (nSPS) is 19.8. The molecule has 0 aromatic carbocycles. The highest BCUT2D eigenvalue weighted by Gasteiger charge is 2.27. The summed E-state index contributed by atoms with van der Waals surface area (Å²) in [5, 5.41) is 2.18. The third-order valence-electron chi connectivity index (χ3n) is 3.89. The Morgan fingerprint density at radius 1 is 1.47 bits per heavy atom. The van der Waals surface area contributed by atoms with Gasteiger partial charge >= 0.3 is 0 Å². The van der Waals surface area contributed by atoms with Crippen LogP contribution in [0.5, 0.6) is 5.75 Å². The molecular weight excluding hydrogens is 256 g/mol. The third kappa shape index (κ3) is 2.38. The molecule has 19 heavy (non-hydrogen) atoms. The van der Waals surface area contributed by atoms with Gasteiger partial charge in [0.05, 0.1) is 13.3 Å². The lowest BCUT2D eigenvalue weighted by Crippen LogP contribution is -2.22. The number of thiophene rings is 1. The molecule has 1 aliphatic rings. The highest BCUT2D eigenvalue weighted by Crippen LogP contribution is 2.41. The predicted octanol–water partition coefficient (Wildman–Crippen LogP) is 3.27. The van der Waals surface area contributed by atoms with Crippen molar-refractivity contribution in [2.75, 3.05) is 7.11 Å². The van der Waals surface area contributed by atoms with Crippen molar-refractivity contribution in [2.45, 2.75) is 31.2 Å². The van der Waals surface area contributed by atoms with Gasteiger partial charge in [-0.25, -0.2) is 0 Å². The summed E-state index contributed by atoms with van der Waals surface area (Å²) in [4.78, 5) is 5.71. The lowest BCUT2D eigenvalue weighted by atomic mass is 9.80.